The summed E-state index contributed by atoms with van der Waals surface area (Å²) in [4.78, 5) is 23.0. The van der Waals surface area contributed by atoms with Gasteiger partial charge in [-0.25, -0.2) is 14.8 Å². The third-order valence-electron chi connectivity index (χ3n) is 4.01. The van der Waals surface area contributed by atoms with Gasteiger partial charge in [-0.15, -0.1) is 0 Å². The van der Waals surface area contributed by atoms with Crippen LogP contribution < -0.4 is 5.73 Å². The van der Waals surface area contributed by atoms with Gasteiger partial charge in [-0.05, 0) is 56.2 Å². The average molecular weight is 443 g/mol. The van der Waals surface area contributed by atoms with E-state index >= 15 is 0 Å². The van der Waals surface area contributed by atoms with Gasteiger partial charge in [0.25, 0.3) is 0 Å². The van der Waals surface area contributed by atoms with E-state index in [1.807, 2.05) is 31.4 Å². The number of hydrogen-bond donors (Lipinski definition) is 1. The molecule has 0 bridgehead atoms. The van der Waals surface area contributed by atoms with Crippen LogP contribution in [0.25, 0.3) is 5.52 Å². The summed E-state index contributed by atoms with van der Waals surface area (Å²) in [6, 6.07) is 0. The van der Waals surface area contributed by atoms with E-state index in [9.17, 15) is 4.79 Å². The molecule has 2 aromatic rings. The van der Waals surface area contributed by atoms with Crippen LogP contribution >= 0.6 is 22.6 Å². The summed E-state index contributed by atoms with van der Waals surface area (Å²) in [6.45, 7) is 6.97. The second-order valence-corrected chi connectivity index (χ2v) is 8.08. The van der Waals surface area contributed by atoms with E-state index in [-0.39, 0.29) is 12.0 Å². The maximum Gasteiger partial charge on any atom is 0.410 e. The third kappa shape index (κ3) is 3.42. The van der Waals surface area contributed by atoms with Crippen molar-refractivity contribution in [2.45, 2.75) is 45.1 Å². The van der Waals surface area contributed by atoms with Gasteiger partial charge in [-0.1, -0.05) is 0 Å². The summed E-state index contributed by atoms with van der Waals surface area (Å²) in [6.07, 6.45) is 5.21. The zero-order valence-corrected chi connectivity index (χ0v) is 16.3. The molecule has 2 N–H and O–H groups in total. The summed E-state index contributed by atoms with van der Waals surface area (Å²) in [7, 11) is 0. The highest BCUT2D eigenvalue weighted by molar-refractivity contribution is 14.1. The van der Waals surface area contributed by atoms with Crippen molar-refractivity contribution in [2.24, 2.45) is 0 Å². The van der Waals surface area contributed by atoms with E-state index in [0.717, 1.165) is 34.4 Å². The zero-order valence-electron chi connectivity index (χ0n) is 14.1. The van der Waals surface area contributed by atoms with Crippen molar-refractivity contribution in [1.29, 1.82) is 0 Å². The first-order valence-electron chi connectivity index (χ1n) is 8.02. The maximum absolute atomic E-state index is 12.4. The molecule has 1 aliphatic rings. The molecule has 0 radical (unpaired) electrons. The van der Waals surface area contributed by atoms with Gasteiger partial charge in [0.1, 0.15) is 20.6 Å². The van der Waals surface area contributed by atoms with Crippen LogP contribution in [0.1, 0.15) is 45.4 Å². The molecular formula is C16H22IN5O2. The van der Waals surface area contributed by atoms with Gasteiger partial charge >= 0.3 is 6.09 Å². The van der Waals surface area contributed by atoms with E-state index in [2.05, 4.69) is 27.6 Å². The van der Waals surface area contributed by atoms with Crippen molar-refractivity contribution in [1.82, 2.24) is 19.3 Å². The molecule has 7 nitrogen and oxygen atoms in total. The van der Waals surface area contributed by atoms with E-state index < -0.39 is 5.60 Å². The fourth-order valence-electron chi connectivity index (χ4n) is 3.01. The number of fused-ring (bicyclic) bond motifs is 1. The Morgan fingerprint density at radius 3 is 2.92 bits per heavy atom. The number of carbonyl (C=O) groups excluding carboxylic acids is 1. The molecule has 0 unspecified atom stereocenters. The number of aromatic nitrogens is 3. The Labute approximate surface area is 154 Å². The van der Waals surface area contributed by atoms with Gasteiger partial charge in [-0.3, -0.25) is 4.40 Å². The number of piperidine rings is 1. The zero-order chi connectivity index (χ0) is 17.5. The molecule has 1 aliphatic heterocycles. The number of rotatable bonds is 1. The molecule has 1 saturated heterocycles. The molecule has 0 aliphatic carbocycles. The van der Waals surface area contributed by atoms with Gasteiger partial charge in [0.2, 0.25) is 0 Å². The van der Waals surface area contributed by atoms with Crippen molar-refractivity contribution >= 4 is 40.0 Å². The predicted octanol–water partition coefficient (Wildman–Crippen LogP) is 3.03. The molecule has 8 heteroatoms. The SMILES string of the molecule is CC(C)(C)OC(=O)N1CCC[C@@H](c2nc(I)c3c(N)nccn23)C1. The lowest BCUT2D eigenvalue weighted by atomic mass is 9.97. The van der Waals surface area contributed by atoms with Crippen molar-refractivity contribution in [2.75, 3.05) is 18.8 Å². The molecule has 2 aromatic heterocycles. The number of nitrogens with zero attached hydrogens (tertiary/aromatic N) is 4. The monoisotopic (exact) mass is 443 g/mol. The summed E-state index contributed by atoms with van der Waals surface area (Å²) in [5, 5.41) is 0. The van der Waals surface area contributed by atoms with E-state index in [1.54, 1.807) is 11.1 Å². The van der Waals surface area contributed by atoms with Crippen LogP contribution in [0, 0.1) is 3.70 Å². The number of nitrogens with two attached hydrogens (primary N) is 1. The number of anilines is 1. The largest absolute Gasteiger partial charge is 0.444 e. The first-order chi connectivity index (χ1) is 11.3. The lowest BCUT2D eigenvalue weighted by Crippen LogP contribution is -2.42. The first-order valence-corrected chi connectivity index (χ1v) is 9.10. The van der Waals surface area contributed by atoms with Gasteiger partial charge < -0.3 is 15.4 Å². The fraction of sp³-hybridized carbons (Fsp3) is 0.562. The topological polar surface area (TPSA) is 85.8 Å². The normalized spacial score (nSPS) is 18.8. The summed E-state index contributed by atoms with van der Waals surface area (Å²) >= 11 is 2.18. The molecule has 3 rings (SSSR count). The lowest BCUT2D eigenvalue weighted by molar-refractivity contribution is 0.0195. The number of hydrogen-bond acceptors (Lipinski definition) is 5. The lowest BCUT2D eigenvalue weighted by Gasteiger charge is -2.33. The molecule has 1 amide bonds. The molecule has 3 heterocycles. The number of nitrogen functional groups attached to an aromatic ring is 1. The maximum atomic E-state index is 12.4. The summed E-state index contributed by atoms with van der Waals surface area (Å²) in [5.41, 5.74) is 6.33. The van der Waals surface area contributed by atoms with Crippen LogP contribution in [0.4, 0.5) is 10.6 Å². The van der Waals surface area contributed by atoms with Crippen LogP contribution in [0.2, 0.25) is 0 Å². The standard InChI is InChI=1S/C16H22IN5O2/c1-16(2,3)24-15(23)21-7-4-5-10(9-21)14-20-12(17)11-13(18)19-6-8-22(11)14/h6,8,10H,4-5,7,9H2,1-3H3,(H2,18,19)/t10-/m1/s1. The Kier molecular flexibility index (Phi) is 4.58. The van der Waals surface area contributed by atoms with Crippen LogP contribution in [-0.2, 0) is 4.74 Å². The van der Waals surface area contributed by atoms with Crippen molar-refractivity contribution in [3.05, 3.63) is 21.9 Å². The quantitative estimate of drug-likeness (QED) is 0.685. The van der Waals surface area contributed by atoms with Crippen LogP contribution in [0.15, 0.2) is 12.4 Å². The van der Waals surface area contributed by atoms with Crippen LogP contribution in [0.5, 0.6) is 0 Å². The van der Waals surface area contributed by atoms with Crippen molar-refractivity contribution < 1.29 is 9.53 Å². The van der Waals surface area contributed by atoms with Crippen molar-refractivity contribution in [3.8, 4) is 0 Å². The van der Waals surface area contributed by atoms with E-state index in [0.29, 0.717) is 12.4 Å². The molecular weight excluding hydrogens is 421 g/mol. The summed E-state index contributed by atoms with van der Waals surface area (Å²) in [5.74, 6) is 1.56. The molecule has 1 fully saturated rings. The molecule has 0 saturated carbocycles. The summed E-state index contributed by atoms with van der Waals surface area (Å²) < 4.78 is 8.33. The number of amides is 1. The Morgan fingerprint density at radius 2 is 2.21 bits per heavy atom. The Hall–Kier alpha value is -1.58. The molecule has 0 spiro atoms. The molecule has 130 valence electrons. The van der Waals surface area contributed by atoms with Gasteiger partial charge in [0, 0.05) is 31.4 Å². The molecule has 1 atom stereocenters. The highest BCUT2D eigenvalue weighted by Gasteiger charge is 2.31. The second-order valence-electron chi connectivity index (χ2n) is 7.06. The second kappa shape index (κ2) is 6.38. The molecule has 24 heavy (non-hydrogen) atoms. The van der Waals surface area contributed by atoms with E-state index in [1.165, 1.54) is 0 Å². The van der Waals surface area contributed by atoms with Gasteiger partial charge in [0.15, 0.2) is 5.82 Å². The smallest absolute Gasteiger partial charge is 0.410 e. The van der Waals surface area contributed by atoms with E-state index in [4.69, 9.17) is 15.5 Å². The Bertz CT molecular complexity index is 768. The minimum Gasteiger partial charge on any atom is -0.444 e. The number of ether oxygens (including phenoxy) is 1. The minimum absolute atomic E-state index is 0.157. The molecule has 0 aromatic carbocycles. The van der Waals surface area contributed by atoms with Crippen LogP contribution in [0.3, 0.4) is 0 Å². The first kappa shape index (κ1) is 17.2. The average Bonchev–Trinajstić information content (AvgIpc) is 2.84. The third-order valence-corrected chi connectivity index (χ3v) is 4.76. The highest BCUT2D eigenvalue weighted by atomic mass is 127. The van der Waals surface area contributed by atoms with Gasteiger partial charge in [0.05, 0.1) is 0 Å². The minimum atomic E-state index is -0.487. The number of imidazole rings is 1. The van der Waals surface area contributed by atoms with Crippen LogP contribution in [-0.4, -0.2) is 44.1 Å². The van der Waals surface area contributed by atoms with Gasteiger partial charge in [-0.2, -0.15) is 0 Å². The Morgan fingerprint density at radius 1 is 1.46 bits per heavy atom. The highest BCUT2D eigenvalue weighted by Crippen LogP contribution is 2.30. The number of carbonyl (C=O) groups is 1. The Balaban J connectivity index is 1.86. The fourth-order valence-corrected chi connectivity index (χ4v) is 3.79. The number of halogens is 1. The predicted molar refractivity (Wildman–Crippen MR) is 99.9 cm³/mol. The number of likely N-dealkylation sites (tertiary alicyclic amines) is 1. The van der Waals surface area contributed by atoms with Crippen molar-refractivity contribution in [3.63, 3.8) is 0 Å².